The monoisotopic (exact) mass is 225 g/mol. The Labute approximate surface area is 93.4 Å². The SMILES string of the molecule is CC(C)C(=O)Nc1ccc(C(=O)Cl)cc1. The van der Waals surface area contributed by atoms with Crippen LogP contribution in [0.25, 0.3) is 0 Å². The van der Waals surface area contributed by atoms with E-state index in [0.717, 1.165) is 0 Å². The average molecular weight is 226 g/mol. The third-order valence-electron chi connectivity index (χ3n) is 1.90. The first kappa shape index (κ1) is 11.7. The zero-order valence-corrected chi connectivity index (χ0v) is 9.34. The van der Waals surface area contributed by atoms with Crippen molar-refractivity contribution in [3.8, 4) is 0 Å². The lowest BCUT2D eigenvalue weighted by molar-refractivity contribution is -0.118. The van der Waals surface area contributed by atoms with Crippen LogP contribution in [0.15, 0.2) is 24.3 Å². The number of hydrogen-bond donors (Lipinski definition) is 1. The van der Waals surface area contributed by atoms with Crippen molar-refractivity contribution in [2.75, 3.05) is 5.32 Å². The van der Waals surface area contributed by atoms with Crippen molar-refractivity contribution in [1.29, 1.82) is 0 Å². The highest BCUT2D eigenvalue weighted by atomic mass is 35.5. The quantitative estimate of drug-likeness (QED) is 0.804. The number of carbonyl (C=O) groups is 2. The smallest absolute Gasteiger partial charge is 0.252 e. The molecule has 0 spiro atoms. The highest BCUT2D eigenvalue weighted by molar-refractivity contribution is 6.67. The molecule has 0 bridgehead atoms. The second-order valence-corrected chi connectivity index (χ2v) is 3.84. The van der Waals surface area contributed by atoms with Crippen LogP contribution in [0.5, 0.6) is 0 Å². The van der Waals surface area contributed by atoms with Gasteiger partial charge < -0.3 is 5.32 Å². The Morgan fingerprint density at radius 3 is 2.13 bits per heavy atom. The van der Waals surface area contributed by atoms with Crippen LogP contribution in [-0.4, -0.2) is 11.1 Å². The normalized spacial score (nSPS) is 10.1. The molecular formula is C11H12ClNO2. The molecule has 4 heteroatoms. The number of nitrogens with one attached hydrogen (secondary N) is 1. The molecule has 1 N–H and O–H groups in total. The van der Waals surface area contributed by atoms with Gasteiger partial charge in [0, 0.05) is 17.2 Å². The molecule has 1 aromatic rings. The first-order valence-electron chi connectivity index (χ1n) is 4.61. The summed E-state index contributed by atoms with van der Waals surface area (Å²) >= 11 is 5.29. The second kappa shape index (κ2) is 4.94. The summed E-state index contributed by atoms with van der Waals surface area (Å²) in [5, 5.41) is 2.21. The van der Waals surface area contributed by atoms with Gasteiger partial charge in [-0.2, -0.15) is 0 Å². The third-order valence-corrected chi connectivity index (χ3v) is 2.12. The molecule has 0 radical (unpaired) electrons. The van der Waals surface area contributed by atoms with Crippen LogP contribution in [0.4, 0.5) is 5.69 Å². The fourth-order valence-electron chi connectivity index (χ4n) is 0.971. The van der Waals surface area contributed by atoms with Gasteiger partial charge in [0.05, 0.1) is 0 Å². The molecule has 0 atom stereocenters. The summed E-state index contributed by atoms with van der Waals surface area (Å²) < 4.78 is 0. The van der Waals surface area contributed by atoms with Gasteiger partial charge in [-0.25, -0.2) is 0 Å². The molecule has 0 fully saturated rings. The summed E-state index contributed by atoms with van der Waals surface area (Å²) in [4.78, 5) is 22.1. The van der Waals surface area contributed by atoms with Crippen LogP contribution in [0.2, 0.25) is 0 Å². The van der Waals surface area contributed by atoms with E-state index in [0.29, 0.717) is 11.3 Å². The Morgan fingerprint density at radius 2 is 1.73 bits per heavy atom. The molecule has 80 valence electrons. The van der Waals surface area contributed by atoms with Crippen molar-refractivity contribution < 1.29 is 9.59 Å². The molecule has 1 rings (SSSR count). The van der Waals surface area contributed by atoms with Crippen molar-refractivity contribution in [2.24, 2.45) is 5.92 Å². The summed E-state index contributed by atoms with van der Waals surface area (Å²) in [6.07, 6.45) is 0. The predicted octanol–water partition coefficient (Wildman–Crippen LogP) is 2.66. The molecule has 0 heterocycles. The maximum Gasteiger partial charge on any atom is 0.252 e. The van der Waals surface area contributed by atoms with Gasteiger partial charge in [0.15, 0.2) is 0 Å². The van der Waals surface area contributed by atoms with E-state index in [-0.39, 0.29) is 11.8 Å². The van der Waals surface area contributed by atoms with Crippen LogP contribution in [0, 0.1) is 5.92 Å². The van der Waals surface area contributed by atoms with E-state index in [1.807, 2.05) is 13.8 Å². The van der Waals surface area contributed by atoms with Crippen LogP contribution in [0.3, 0.4) is 0 Å². The Morgan fingerprint density at radius 1 is 1.20 bits per heavy atom. The van der Waals surface area contributed by atoms with E-state index >= 15 is 0 Å². The van der Waals surface area contributed by atoms with Gasteiger partial charge in [0.1, 0.15) is 0 Å². The van der Waals surface area contributed by atoms with Gasteiger partial charge in [0.2, 0.25) is 5.91 Å². The van der Waals surface area contributed by atoms with Gasteiger partial charge in [-0.15, -0.1) is 0 Å². The molecule has 1 aromatic carbocycles. The molecule has 3 nitrogen and oxygen atoms in total. The van der Waals surface area contributed by atoms with Crippen molar-refractivity contribution >= 4 is 28.4 Å². The van der Waals surface area contributed by atoms with Crippen molar-refractivity contribution in [3.05, 3.63) is 29.8 Å². The average Bonchev–Trinajstić information content (AvgIpc) is 2.18. The molecule has 15 heavy (non-hydrogen) atoms. The Bertz CT molecular complexity index is 371. The summed E-state index contributed by atoms with van der Waals surface area (Å²) in [7, 11) is 0. The molecule has 0 saturated carbocycles. The molecule has 0 aliphatic heterocycles. The lowest BCUT2D eigenvalue weighted by atomic mass is 10.2. The Kier molecular flexibility index (Phi) is 3.86. The lowest BCUT2D eigenvalue weighted by Crippen LogP contribution is -2.17. The standard InChI is InChI=1S/C11H12ClNO2/c1-7(2)11(15)13-9-5-3-8(4-6-9)10(12)14/h3-7H,1-2H3,(H,13,15). The molecule has 0 unspecified atom stereocenters. The lowest BCUT2D eigenvalue weighted by Gasteiger charge is -2.07. The molecule has 0 aliphatic rings. The molecule has 1 amide bonds. The van der Waals surface area contributed by atoms with E-state index in [1.165, 1.54) is 0 Å². The predicted molar refractivity (Wildman–Crippen MR) is 60.1 cm³/mol. The maximum atomic E-state index is 11.3. The number of amides is 1. The van der Waals surface area contributed by atoms with Crippen LogP contribution in [-0.2, 0) is 4.79 Å². The largest absolute Gasteiger partial charge is 0.326 e. The molecular weight excluding hydrogens is 214 g/mol. The molecule has 0 saturated heterocycles. The van der Waals surface area contributed by atoms with E-state index in [4.69, 9.17) is 11.6 Å². The third kappa shape index (κ3) is 3.36. The van der Waals surface area contributed by atoms with E-state index in [9.17, 15) is 9.59 Å². The van der Waals surface area contributed by atoms with Gasteiger partial charge >= 0.3 is 0 Å². The number of halogens is 1. The Hall–Kier alpha value is -1.35. The molecule has 0 aromatic heterocycles. The fraction of sp³-hybridized carbons (Fsp3) is 0.273. The van der Waals surface area contributed by atoms with Crippen molar-refractivity contribution in [3.63, 3.8) is 0 Å². The van der Waals surface area contributed by atoms with E-state index < -0.39 is 5.24 Å². The van der Waals surface area contributed by atoms with E-state index in [1.54, 1.807) is 24.3 Å². The minimum absolute atomic E-state index is 0.0556. The van der Waals surface area contributed by atoms with Crippen molar-refractivity contribution in [1.82, 2.24) is 0 Å². The van der Waals surface area contributed by atoms with Gasteiger partial charge in [-0.3, -0.25) is 9.59 Å². The van der Waals surface area contributed by atoms with Gasteiger partial charge in [0.25, 0.3) is 5.24 Å². The second-order valence-electron chi connectivity index (χ2n) is 3.50. The number of carbonyl (C=O) groups excluding carboxylic acids is 2. The van der Waals surface area contributed by atoms with Crippen LogP contribution >= 0.6 is 11.6 Å². The van der Waals surface area contributed by atoms with Crippen molar-refractivity contribution in [2.45, 2.75) is 13.8 Å². The fourth-order valence-corrected chi connectivity index (χ4v) is 1.10. The number of benzene rings is 1. The maximum absolute atomic E-state index is 11.3. The van der Waals surface area contributed by atoms with Gasteiger partial charge in [-0.1, -0.05) is 13.8 Å². The number of rotatable bonds is 3. The number of anilines is 1. The van der Waals surface area contributed by atoms with Gasteiger partial charge in [-0.05, 0) is 35.9 Å². The zero-order valence-electron chi connectivity index (χ0n) is 8.58. The number of hydrogen-bond acceptors (Lipinski definition) is 2. The minimum atomic E-state index is -0.503. The molecule has 0 aliphatic carbocycles. The van der Waals surface area contributed by atoms with E-state index in [2.05, 4.69) is 5.32 Å². The summed E-state index contributed by atoms with van der Waals surface area (Å²) in [6, 6.07) is 6.45. The summed E-state index contributed by atoms with van der Waals surface area (Å²) in [5.74, 6) is -0.126. The first-order valence-corrected chi connectivity index (χ1v) is 4.99. The van der Waals surface area contributed by atoms with Crippen LogP contribution < -0.4 is 5.32 Å². The summed E-state index contributed by atoms with van der Waals surface area (Å²) in [6.45, 7) is 3.62. The zero-order chi connectivity index (χ0) is 11.4. The minimum Gasteiger partial charge on any atom is -0.326 e. The van der Waals surface area contributed by atoms with Crippen LogP contribution in [0.1, 0.15) is 24.2 Å². The highest BCUT2D eigenvalue weighted by Gasteiger charge is 2.07. The summed E-state index contributed by atoms with van der Waals surface area (Å²) in [5.41, 5.74) is 1.08. The first-order chi connectivity index (χ1) is 7.00. The topological polar surface area (TPSA) is 46.2 Å². The highest BCUT2D eigenvalue weighted by Crippen LogP contribution is 2.12. The Balaban J connectivity index is 2.73.